The largest absolute Gasteiger partial charge is 0.447 e. The number of carbonyl (C=O) groups is 1. The summed E-state index contributed by atoms with van der Waals surface area (Å²) in [7, 11) is 0. The Kier molecular flexibility index (Phi) is 6.29. The lowest BCUT2D eigenvalue weighted by molar-refractivity contribution is 0.0935. The van der Waals surface area contributed by atoms with E-state index in [-0.39, 0.29) is 11.9 Å². The Hall–Kier alpha value is -3.33. The fraction of sp³-hybridized carbons (Fsp3) is 0.381. The van der Waals surface area contributed by atoms with Crippen molar-refractivity contribution in [1.82, 2.24) is 30.2 Å². The van der Waals surface area contributed by atoms with E-state index in [1.807, 2.05) is 25.1 Å². The van der Waals surface area contributed by atoms with Crippen LogP contribution in [0.2, 0.25) is 0 Å². The lowest BCUT2D eigenvalue weighted by Crippen LogP contribution is -2.46. The number of nitrogens with zero attached hydrogens (tertiary/aromatic N) is 6. The first-order chi connectivity index (χ1) is 14.7. The first kappa shape index (κ1) is 20.0. The Bertz CT molecular complexity index is 940. The fourth-order valence-corrected chi connectivity index (χ4v) is 3.46. The van der Waals surface area contributed by atoms with Gasteiger partial charge >= 0.3 is 0 Å². The fourth-order valence-electron chi connectivity index (χ4n) is 3.46. The van der Waals surface area contributed by atoms with E-state index in [1.54, 1.807) is 24.8 Å². The molecule has 4 rings (SSSR count). The third-order valence-electron chi connectivity index (χ3n) is 4.99. The van der Waals surface area contributed by atoms with Crippen molar-refractivity contribution < 1.29 is 9.21 Å². The molecule has 1 fully saturated rings. The molecule has 4 heterocycles. The quantitative estimate of drug-likeness (QED) is 0.630. The van der Waals surface area contributed by atoms with Crippen molar-refractivity contribution >= 4 is 11.9 Å². The molecule has 0 aromatic carbocycles. The smallest absolute Gasteiger partial charge is 0.273 e. The number of rotatable bonds is 7. The van der Waals surface area contributed by atoms with Gasteiger partial charge in [0.15, 0.2) is 5.69 Å². The van der Waals surface area contributed by atoms with Crippen LogP contribution in [0.25, 0.3) is 0 Å². The number of piperazine rings is 1. The highest BCUT2D eigenvalue weighted by atomic mass is 16.3. The molecule has 9 heteroatoms. The number of amides is 1. The third kappa shape index (κ3) is 5.18. The summed E-state index contributed by atoms with van der Waals surface area (Å²) < 4.78 is 5.54. The van der Waals surface area contributed by atoms with Crippen LogP contribution in [0.3, 0.4) is 0 Å². The van der Waals surface area contributed by atoms with Gasteiger partial charge in [0.25, 0.3) is 5.91 Å². The lowest BCUT2D eigenvalue weighted by Gasteiger charge is -2.33. The van der Waals surface area contributed by atoms with E-state index in [4.69, 9.17) is 4.42 Å². The highest BCUT2D eigenvalue weighted by molar-refractivity contribution is 5.92. The number of oxazole rings is 1. The summed E-state index contributed by atoms with van der Waals surface area (Å²) in [5, 5.41) is 2.96. The minimum absolute atomic E-state index is 0.0323. The zero-order chi connectivity index (χ0) is 20.8. The van der Waals surface area contributed by atoms with Gasteiger partial charge in [0.1, 0.15) is 6.26 Å². The van der Waals surface area contributed by atoms with Crippen molar-refractivity contribution in [2.75, 3.05) is 31.1 Å². The average Bonchev–Trinajstić information content (AvgIpc) is 3.24. The Morgan fingerprint density at radius 1 is 1.17 bits per heavy atom. The summed E-state index contributed by atoms with van der Waals surface area (Å²) in [6.45, 7) is 5.91. The number of carbonyl (C=O) groups excluding carboxylic acids is 1. The molecular weight excluding hydrogens is 382 g/mol. The van der Waals surface area contributed by atoms with Crippen molar-refractivity contribution in [2.45, 2.75) is 25.9 Å². The Balaban J connectivity index is 1.25. The summed E-state index contributed by atoms with van der Waals surface area (Å²) in [6, 6.07) is 5.67. The van der Waals surface area contributed by atoms with Crippen LogP contribution in [0.1, 0.15) is 28.9 Å². The Morgan fingerprint density at radius 3 is 2.70 bits per heavy atom. The van der Waals surface area contributed by atoms with Crippen LogP contribution in [0.4, 0.5) is 5.95 Å². The number of pyridine rings is 1. The van der Waals surface area contributed by atoms with Crippen molar-refractivity contribution in [3.63, 3.8) is 0 Å². The normalized spacial score (nSPS) is 15.7. The second kappa shape index (κ2) is 9.45. The minimum Gasteiger partial charge on any atom is -0.447 e. The van der Waals surface area contributed by atoms with E-state index in [1.165, 1.54) is 6.26 Å². The van der Waals surface area contributed by atoms with E-state index in [0.717, 1.165) is 37.7 Å². The molecule has 1 N–H and O–H groups in total. The molecule has 1 atom stereocenters. The van der Waals surface area contributed by atoms with E-state index < -0.39 is 0 Å². The highest BCUT2D eigenvalue weighted by Crippen LogP contribution is 2.13. The number of anilines is 1. The van der Waals surface area contributed by atoms with Gasteiger partial charge < -0.3 is 14.6 Å². The van der Waals surface area contributed by atoms with Gasteiger partial charge in [-0.1, -0.05) is 6.07 Å². The van der Waals surface area contributed by atoms with E-state index in [0.29, 0.717) is 24.6 Å². The number of hydrogen-bond donors (Lipinski definition) is 1. The summed E-state index contributed by atoms with van der Waals surface area (Å²) >= 11 is 0. The van der Waals surface area contributed by atoms with Crippen LogP contribution >= 0.6 is 0 Å². The van der Waals surface area contributed by atoms with Crippen LogP contribution in [-0.2, 0) is 13.0 Å². The molecule has 0 bridgehead atoms. The van der Waals surface area contributed by atoms with Gasteiger partial charge in [0.2, 0.25) is 11.8 Å². The molecule has 1 aliphatic rings. The van der Waals surface area contributed by atoms with Crippen molar-refractivity contribution in [1.29, 1.82) is 0 Å². The first-order valence-electron chi connectivity index (χ1n) is 10.1. The molecule has 1 amide bonds. The SMILES string of the molecule is C[C@H](Cc1cccnc1)NC(=O)c1coc(CN2CCN(c3ncccn3)CC2)n1. The van der Waals surface area contributed by atoms with Crippen LogP contribution in [0.5, 0.6) is 0 Å². The molecule has 0 spiro atoms. The van der Waals surface area contributed by atoms with Crippen molar-refractivity contribution in [3.8, 4) is 0 Å². The zero-order valence-electron chi connectivity index (χ0n) is 16.9. The molecule has 0 aliphatic carbocycles. The molecule has 156 valence electrons. The van der Waals surface area contributed by atoms with Crippen LogP contribution in [0, 0.1) is 0 Å². The topological polar surface area (TPSA) is 100 Å². The number of aromatic nitrogens is 4. The average molecular weight is 407 g/mol. The lowest BCUT2D eigenvalue weighted by atomic mass is 10.1. The van der Waals surface area contributed by atoms with Crippen LogP contribution in [-0.4, -0.2) is 63.0 Å². The maximum Gasteiger partial charge on any atom is 0.273 e. The van der Waals surface area contributed by atoms with Gasteiger partial charge in [-0.15, -0.1) is 0 Å². The summed E-state index contributed by atoms with van der Waals surface area (Å²) in [5.74, 6) is 1.07. The van der Waals surface area contributed by atoms with Crippen LogP contribution < -0.4 is 10.2 Å². The van der Waals surface area contributed by atoms with Gasteiger partial charge in [-0.3, -0.25) is 14.7 Å². The van der Waals surface area contributed by atoms with Crippen molar-refractivity contribution in [2.24, 2.45) is 0 Å². The summed E-state index contributed by atoms with van der Waals surface area (Å²) in [4.78, 5) is 34.0. The molecule has 30 heavy (non-hydrogen) atoms. The van der Waals surface area contributed by atoms with Gasteiger partial charge in [-0.25, -0.2) is 15.0 Å². The standard InChI is InChI=1S/C21H25N7O2/c1-16(12-17-4-2-5-22-13-17)25-20(29)18-15-30-19(26-18)14-27-8-10-28(11-9-27)21-23-6-3-7-24-21/h2-7,13,15-16H,8-12,14H2,1H3,(H,25,29)/t16-/m1/s1. The first-order valence-corrected chi connectivity index (χ1v) is 10.1. The molecule has 1 saturated heterocycles. The molecule has 1 aliphatic heterocycles. The Morgan fingerprint density at radius 2 is 1.97 bits per heavy atom. The minimum atomic E-state index is -0.229. The zero-order valence-corrected chi connectivity index (χ0v) is 16.9. The van der Waals surface area contributed by atoms with Gasteiger partial charge in [0.05, 0.1) is 6.54 Å². The second-order valence-electron chi connectivity index (χ2n) is 7.38. The Labute approximate surface area is 175 Å². The molecular formula is C21H25N7O2. The maximum absolute atomic E-state index is 12.5. The molecule has 0 radical (unpaired) electrons. The van der Waals surface area contributed by atoms with E-state index >= 15 is 0 Å². The highest BCUT2D eigenvalue weighted by Gasteiger charge is 2.21. The number of hydrogen-bond acceptors (Lipinski definition) is 8. The van der Waals surface area contributed by atoms with Crippen molar-refractivity contribution in [3.05, 3.63) is 66.4 Å². The molecule has 0 saturated carbocycles. The van der Waals surface area contributed by atoms with Crippen LogP contribution in [0.15, 0.2) is 53.7 Å². The molecule has 3 aromatic rings. The van der Waals surface area contributed by atoms with Gasteiger partial charge in [-0.05, 0) is 31.0 Å². The molecule has 3 aromatic heterocycles. The summed E-state index contributed by atoms with van der Waals surface area (Å²) in [6.07, 6.45) is 9.19. The number of nitrogens with one attached hydrogen (secondary N) is 1. The molecule has 9 nitrogen and oxygen atoms in total. The predicted octanol–water partition coefficient (Wildman–Crippen LogP) is 1.54. The summed E-state index contributed by atoms with van der Waals surface area (Å²) in [5.41, 5.74) is 1.38. The maximum atomic E-state index is 12.5. The third-order valence-corrected chi connectivity index (χ3v) is 4.99. The predicted molar refractivity (Wildman–Crippen MR) is 111 cm³/mol. The van der Waals surface area contributed by atoms with E-state index in [9.17, 15) is 4.79 Å². The second-order valence-corrected chi connectivity index (χ2v) is 7.38. The monoisotopic (exact) mass is 407 g/mol. The van der Waals surface area contributed by atoms with Gasteiger partial charge in [0, 0.05) is 57.0 Å². The van der Waals surface area contributed by atoms with E-state index in [2.05, 4.69) is 35.1 Å². The molecule has 0 unspecified atom stereocenters. The van der Waals surface area contributed by atoms with Gasteiger partial charge in [-0.2, -0.15) is 0 Å².